The molecule has 2 aromatic carbocycles. The van der Waals surface area contributed by atoms with Gasteiger partial charge in [0, 0.05) is 11.3 Å². The summed E-state index contributed by atoms with van der Waals surface area (Å²) in [5.74, 6) is -0.503. The number of hydrogen-bond acceptors (Lipinski definition) is 2. The van der Waals surface area contributed by atoms with E-state index in [0.29, 0.717) is 12.0 Å². The van der Waals surface area contributed by atoms with Crippen molar-refractivity contribution in [2.45, 2.75) is 12.5 Å². The normalized spacial score (nSPS) is 14.9. The van der Waals surface area contributed by atoms with E-state index in [1.807, 2.05) is 0 Å². The van der Waals surface area contributed by atoms with Gasteiger partial charge in [0.15, 0.2) is 0 Å². The van der Waals surface area contributed by atoms with Gasteiger partial charge in [-0.05, 0) is 23.3 Å². The zero-order valence-corrected chi connectivity index (χ0v) is 10.1. The highest BCUT2D eigenvalue weighted by molar-refractivity contribution is 5.99. The van der Waals surface area contributed by atoms with Crippen molar-refractivity contribution < 1.29 is 14.3 Å². The monoisotopic (exact) mass is 257 g/mol. The van der Waals surface area contributed by atoms with E-state index >= 15 is 0 Å². The molecule has 0 aliphatic carbocycles. The summed E-state index contributed by atoms with van der Waals surface area (Å²) in [6, 6.07) is 11.3. The van der Waals surface area contributed by atoms with E-state index in [1.54, 1.807) is 36.4 Å². The first-order valence-electron chi connectivity index (χ1n) is 6.00. The third-order valence-corrected chi connectivity index (χ3v) is 3.27. The molecule has 1 aliphatic rings. The van der Waals surface area contributed by atoms with Crippen molar-refractivity contribution in [3.05, 3.63) is 65.0 Å². The third kappa shape index (κ3) is 2.11. The first-order chi connectivity index (χ1) is 9.15. The van der Waals surface area contributed by atoms with Crippen LogP contribution in [0.4, 0.5) is 10.1 Å². The summed E-state index contributed by atoms with van der Waals surface area (Å²) in [7, 11) is 0. The molecule has 1 atom stereocenters. The number of rotatable bonds is 2. The fourth-order valence-corrected chi connectivity index (χ4v) is 2.30. The molecule has 0 saturated heterocycles. The van der Waals surface area contributed by atoms with Gasteiger partial charge >= 0.3 is 0 Å². The van der Waals surface area contributed by atoms with Crippen LogP contribution in [0.15, 0.2) is 42.5 Å². The minimum atomic E-state index is -1.03. The second-order valence-corrected chi connectivity index (χ2v) is 4.57. The highest BCUT2D eigenvalue weighted by Gasteiger charge is 2.20. The lowest BCUT2D eigenvalue weighted by Gasteiger charge is -2.13. The van der Waals surface area contributed by atoms with Gasteiger partial charge in [0.25, 0.3) is 0 Å². The second-order valence-electron chi connectivity index (χ2n) is 4.57. The van der Waals surface area contributed by atoms with Crippen LogP contribution in [0.25, 0.3) is 0 Å². The van der Waals surface area contributed by atoms with Gasteiger partial charge in [-0.15, -0.1) is 0 Å². The Morgan fingerprint density at radius 2 is 2.00 bits per heavy atom. The molecule has 0 fully saturated rings. The smallest absolute Gasteiger partial charge is 0.228 e. The summed E-state index contributed by atoms with van der Waals surface area (Å²) >= 11 is 0. The minimum absolute atomic E-state index is 0.0625. The number of benzene rings is 2. The molecule has 2 aromatic rings. The van der Waals surface area contributed by atoms with Crippen molar-refractivity contribution in [1.29, 1.82) is 0 Å². The molecule has 0 bridgehead atoms. The Balaban J connectivity index is 1.97. The van der Waals surface area contributed by atoms with Crippen molar-refractivity contribution in [1.82, 2.24) is 0 Å². The van der Waals surface area contributed by atoms with Crippen LogP contribution in [0.2, 0.25) is 0 Å². The summed E-state index contributed by atoms with van der Waals surface area (Å²) < 4.78 is 13.6. The lowest BCUT2D eigenvalue weighted by Crippen LogP contribution is -2.03. The van der Waals surface area contributed by atoms with Crippen LogP contribution in [0.5, 0.6) is 0 Å². The molecule has 1 heterocycles. The first-order valence-corrected chi connectivity index (χ1v) is 6.00. The highest BCUT2D eigenvalue weighted by atomic mass is 19.1. The molecule has 1 amide bonds. The van der Waals surface area contributed by atoms with Crippen LogP contribution in [-0.2, 0) is 11.2 Å². The summed E-state index contributed by atoms with van der Waals surface area (Å²) in [6.07, 6.45) is -0.727. The van der Waals surface area contributed by atoms with Crippen LogP contribution in [0, 0.1) is 5.82 Å². The van der Waals surface area contributed by atoms with E-state index in [0.717, 1.165) is 11.3 Å². The Morgan fingerprint density at radius 1 is 1.21 bits per heavy atom. The Kier molecular flexibility index (Phi) is 2.80. The Morgan fingerprint density at radius 3 is 2.79 bits per heavy atom. The zero-order valence-electron chi connectivity index (χ0n) is 10.1. The van der Waals surface area contributed by atoms with Gasteiger partial charge in [0.2, 0.25) is 5.91 Å². The van der Waals surface area contributed by atoms with Gasteiger partial charge in [-0.25, -0.2) is 4.39 Å². The van der Waals surface area contributed by atoms with Crippen LogP contribution < -0.4 is 5.32 Å². The van der Waals surface area contributed by atoms with E-state index in [1.165, 1.54) is 6.07 Å². The van der Waals surface area contributed by atoms with E-state index < -0.39 is 11.9 Å². The van der Waals surface area contributed by atoms with Gasteiger partial charge < -0.3 is 10.4 Å². The molecule has 2 N–H and O–H groups in total. The van der Waals surface area contributed by atoms with E-state index in [-0.39, 0.29) is 11.5 Å². The molecule has 3 nitrogen and oxygen atoms in total. The molecule has 19 heavy (non-hydrogen) atoms. The minimum Gasteiger partial charge on any atom is -0.384 e. The molecule has 96 valence electrons. The third-order valence-electron chi connectivity index (χ3n) is 3.27. The van der Waals surface area contributed by atoms with Crippen LogP contribution >= 0.6 is 0 Å². The van der Waals surface area contributed by atoms with Gasteiger partial charge in [-0.1, -0.05) is 30.3 Å². The maximum atomic E-state index is 13.6. The molecule has 1 aliphatic heterocycles. The number of nitrogens with one attached hydrogen (secondary N) is 1. The summed E-state index contributed by atoms with van der Waals surface area (Å²) in [5, 5.41) is 12.9. The average Bonchev–Trinajstić information content (AvgIpc) is 2.77. The topological polar surface area (TPSA) is 49.3 Å². The Bertz CT molecular complexity index is 654. The highest BCUT2D eigenvalue weighted by Crippen LogP contribution is 2.30. The van der Waals surface area contributed by atoms with Crippen LogP contribution in [0.3, 0.4) is 0 Å². The number of carbonyl (C=O) groups is 1. The number of aliphatic hydroxyl groups is 1. The largest absolute Gasteiger partial charge is 0.384 e. The van der Waals surface area contributed by atoms with Crippen molar-refractivity contribution in [2.24, 2.45) is 0 Å². The van der Waals surface area contributed by atoms with Crippen molar-refractivity contribution >= 4 is 11.6 Å². The lowest BCUT2D eigenvalue weighted by molar-refractivity contribution is -0.115. The van der Waals surface area contributed by atoms with Gasteiger partial charge in [0.1, 0.15) is 11.9 Å². The Labute approximate surface area is 109 Å². The number of carbonyl (C=O) groups excluding carboxylic acids is 1. The lowest BCUT2D eigenvalue weighted by atomic mass is 9.98. The quantitative estimate of drug-likeness (QED) is 0.868. The standard InChI is InChI=1S/C15H12FNO2/c16-12-4-2-1-3-11(12)15(19)9-5-6-13-10(7-9)8-14(18)17-13/h1-7,15,19H,8H2,(H,17,18). The molecular weight excluding hydrogens is 245 g/mol. The molecule has 4 heteroatoms. The number of fused-ring (bicyclic) bond motifs is 1. The van der Waals surface area contributed by atoms with Crippen molar-refractivity contribution in [2.75, 3.05) is 5.32 Å². The second kappa shape index (κ2) is 4.48. The van der Waals surface area contributed by atoms with Crippen molar-refractivity contribution in [3.8, 4) is 0 Å². The van der Waals surface area contributed by atoms with E-state index in [4.69, 9.17) is 0 Å². The summed E-state index contributed by atoms with van der Waals surface area (Å²) in [6.45, 7) is 0. The Hall–Kier alpha value is -2.20. The number of aliphatic hydroxyl groups excluding tert-OH is 1. The molecule has 0 aromatic heterocycles. The molecule has 3 rings (SSSR count). The zero-order chi connectivity index (χ0) is 13.4. The van der Waals surface area contributed by atoms with Gasteiger partial charge in [-0.2, -0.15) is 0 Å². The molecule has 0 saturated carbocycles. The van der Waals surface area contributed by atoms with Gasteiger partial charge in [0.05, 0.1) is 6.42 Å². The summed E-state index contributed by atoms with van der Waals surface area (Å²) in [5.41, 5.74) is 2.41. The SMILES string of the molecule is O=C1Cc2cc(C(O)c3ccccc3F)ccc2N1. The van der Waals surface area contributed by atoms with Crippen LogP contribution in [-0.4, -0.2) is 11.0 Å². The number of anilines is 1. The molecule has 0 spiro atoms. The first kappa shape index (κ1) is 11.9. The van der Waals surface area contributed by atoms with Crippen molar-refractivity contribution in [3.63, 3.8) is 0 Å². The number of halogens is 1. The predicted octanol–water partition coefficient (Wildman–Crippen LogP) is 2.40. The predicted molar refractivity (Wildman–Crippen MR) is 69.2 cm³/mol. The fourth-order valence-electron chi connectivity index (χ4n) is 2.30. The number of amides is 1. The van der Waals surface area contributed by atoms with Crippen LogP contribution in [0.1, 0.15) is 22.8 Å². The molecule has 0 radical (unpaired) electrons. The van der Waals surface area contributed by atoms with Gasteiger partial charge in [-0.3, -0.25) is 4.79 Å². The maximum absolute atomic E-state index is 13.6. The fraction of sp³-hybridized carbons (Fsp3) is 0.133. The molecule has 1 unspecified atom stereocenters. The number of hydrogen-bond donors (Lipinski definition) is 2. The van der Waals surface area contributed by atoms with E-state index in [9.17, 15) is 14.3 Å². The summed E-state index contributed by atoms with van der Waals surface area (Å²) in [4.78, 5) is 11.3. The van der Waals surface area contributed by atoms with E-state index in [2.05, 4.69) is 5.32 Å². The average molecular weight is 257 g/mol. The molecular formula is C15H12FNO2. The maximum Gasteiger partial charge on any atom is 0.228 e.